The van der Waals surface area contributed by atoms with E-state index in [1.807, 2.05) is 0 Å². The van der Waals surface area contributed by atoms with Crippen molar-refractivity contribution < 1.29 is 22.7 Å². The second-order valence-corrected chi connectivity index (χ2v) is 7.57. The Morgan fingerprint density at radius 2 is 1.81 bits per heavy atom. The molecule has 4 nitrogen and oxygen atoms in total. The van der Waals surface area contributed by atoms with E-state index >= 15 is 0 Å². The lowest BCUT2D eigenvalue weighted by Gasteiger charge is -2.38. The van der Waals surface area contributed by atoms with E-state index in [9.17, 15) is 18.0 Å². The predicted molar refractivity (Wildman–Crippen MR) is 101 cm³/mol. The van der Waals surface area contributed by atoms with Crippen LogP contribution in [-0.4, -0.2) is 39.3 Å². The highest BCUT2D eigenvalue weighted by Crippen LogP contribution is 2.33. The van der Waals surface area contributed by atoms with E-state index in [0.717, 1.165) is 38.1 Å². The standard InChI is InChI=1S/C19H27F3N2O2.ClH/c1-17(2,14-5-4-6-15(11-14)19(20,21)22)16(25)24-12-18(13-26-3)7-9-23-10-8-18;/h4-6,11,23H,7-10,12-13H2,1-3H3,(H,24,25);1H. The zero-order chi connectivity index (χ0) is 19.4. The molecule has 1 aromatic carbocycles. The molecule has 2 rings (SSSR count). The largest absolute Gasteiger partial charge is 0.416 e. The van der Waals surface area contributed by atoms with Crippen LogP contribution in [0.15, 0.2) is 24.3 Å². The number of rotatable bonds is 6. The van der Waals surface area contributed by atoms with Gasteiger partial charge in [0.15, 0.2) is 0 Å². The minimum atomic E-state index is -4.43. The molecule has 1 heterocycles. The molecule has 1 aliphatic heterocycles. The fourth-order valence-electron chi connectivity index (χ4n) is 3.34. The maximum atomic E-state index is 13.0. The molecular formula is C19H28ClF3N2O2. The van der Waals surface area contributed by atoms with Crippen LogP contribution in [0, 0.1) is 5.41 Å². The second-order valence-electron chi connectivity index (χ2n) is 7.57. The first-order valence-corrected chi connectivity index (χ1v) is 8.76. The van der Waals surface area contributed by atoms with Crippen LogP contribution in [0.5, 0.6) is 0 Å². The smallest absolute Gasteiger partial charge is 0.384 e. The molecule has 1 saturated heterocycles. The number of hydrogen-bond acceptors (Lipinski definition) is 3. The molecule has 1 aliphatic rings. The molecule has 8 heteroatoms. The lowest BCUT2D eigenvalue weighted by molar-refractivity contribution is -0.138. The van der Waals surface area contributed by atoms with Crippen molar-refractivity contribution in [2.24, 2.45) is 5.41 Å². The Hall–Kier alpha value is -1.31. The SMILES string of the molecule is COCC1(CNC(=O)C(C)(C)c2cccc(C(F)(F)F)c2)CCNCC1.Cl. The van der Waals surface area contributed by atoms with Crippen LogP contribution in [0.25, 0.3) is 0 Å². The molecule has 0 atom stereocenters. The summed E-state index contributed by atoms with van der Waals surface area (Å²) in [6.07, 6.45) is -2.67. The van der Waals surface area contributed by atoms with Crippen molar-refractivity contribution in [1.82, 2.24) is 10.6 Å². The van der Waals surface area contributed by atoms with Gasteiger partial charge in [0.2, 0.25) is 5.91 Å². The van der Waals surface area contributed by atoms with Gasteiger partial charge in [-0.05, 0) is 51.4 Å². The topological polar surface area (TPSA) is 50.4 Å². The van der Waals surface area contributed by atoms with Gasteiger partial charge in [-0.2, -0.15) is 13.2 Å². The van der Waals surface area contributed by atoms with Gasteiger partial charge in [0, 0.05) is 19.1 Å². The summed E-state index contributed by atoms with van der Waals surface area (Å²) in [6, 6.07) is 4.96. The molecule has 0 unspecified atom stereocenters. The fourth-order valence-corrected chi connectivity index (χ4v) is 3.34. The summed E-state index contributed by atoms with van der Waals surface area (Å²) in [5.41, 5.74) is -1.61. The fraction of sp³-hybridized carbons (Fsp3) is 0.632. The molecule has 0 radical (unpaired) electrons. The van der Waals surface area contributed by atoms with E-state index < -0.39 is 17.2 Å². The quantitative estimate of drug-likeness (QED) is 0.757. The zero-order valence-corrected chi connectivity index (χ0v) is 16.7. The molecule has 27 heavy (non-hydrogen) atoms. The first-order valence-electron chi connectivity index (χ1n) is 8.76. The van der Waals surface area contributed by atoms with E-state index in [2.05, 4.69) is 10.6 Å². The monoisotopic (exact) mass is 408 g/mol. The lowest BCUT2D eigenvalue weighted by Crippen LogP contribution is -2.50. The van der Waals surface area contributed by atoms with Gasteiger partial charge in [0.1, 0.15) is 0 Å². The zero-order valence-electron chi connectivity index (χ0n) is 15.9. The van der Waals surface area contributed by atoms with Crippen molar-refractivity contribution >= 4 is 18.3 Å². The van der Waals surface area contributed by atoms with E-state index in [1.165, 1.54) is 6.07 Å². The Morgan fingerprint density at radius 1 is 1.22 bits per heavy atom. The molecule has 0 bridgehead atoms. The number of methoxy groups -OCH3 is 1. The van der Waals surface area contributed by atoms with Gasteiger partial charge in [0.05, 0.1) is 17.6 Å². The van der Waals surface area contributed by atoms with Crippen molar-refractivity contribution in [2.75, 3.05) is 33.4 Å². The number of hydrogen-bond donors (Lipinski definition) is 2. The number of amides is 1. The summed E-state index contributed by atoms with van der Waals surface area (Å²) >= 11 is 0. The van der Waals surface area contributed by atoms with Crippen molar-refractivity contribution in [3.63, 3.8) is 0 Å². The maximum absolute atomic E-state index is 13.0. The van der Waals surface area contributed by atoms with E-state index in [4.69, 9.17) is 4.74 Å². The Balaban J connectivity index is 0.00000364. The molecule has 1 aromatic rings. The number of nitrogens with one attached hydrogen (secondary N) is 2. The van der Waals surface area contributed by atoms with E-state index in [-0.39, 0.29) is 23.7 Å². The van der Waals surface area contributed by atoms with Gasteiger partial charge in [-0.1, -0.05) is 18.2 Å². The summed E-state index contributed by atoms with van der Waals surface area (Å²) in [5.74, 6) is -0.286. The van der Waals surface area contributed by atoms with Crippen LogP contribution in [0.2, 0.25) is 0 Å². The number of ether oxygens (including phenoxy) is 1. The summed E-state index contributed by atoms with van der Waals surface area (Å²) < 4.78 is 44.2. The number of benzene rings is 1. The number of alkyl halides is 3. The predicted octanol–water partition coefficient (Wildman–Crippen LogP) is 3.54. The highest BCUT2D eigenvalue weighted by atomic mass is 35.5. The third-order valence-corrected chi connectivity index (χ3v) is 5.22. The van der Waals surface area contributed by atoms with Crippen LogP contribution >= 0.6 is 12.4 Å². The van der Waals surface area contributed by atoms with Crippen LogP contribution in [-0.2, 0) is 21.1 Å². The van der Waals surface area contributed by atoms with Crippen LogP contribution in [0.4, 0.5) is 13.2 Å². The van der Waals surface area contributed by atoms with Gasteiger partial charge in [-0.3, -0.25) is 4.79 Å². The van der Waals surface area contributed by atoms with Gasteiger partial charge in [-0.25, -0.2) is 0 Å². The Labute approximate surface area is 164 Å². The molecule has 1 amide bonds. The molecule has 0 spiro atoms. The third kappa shape index (κ3) is 5.83. The third-order valence-electron chi connectivity index (χ3n) is 5.22. The Bertz CT molecular complexity index is 624. The highest BCUT2D eigenvalue weighted by Gasteiger charge is 2.37. The van der Waals surface area contributed by atoms with E-state index in [1.54, 1.807) is 27.0 Å². The number of piperidine rings is 1. The van der Waals surface area contributed by atoms with Crippen molar-refractivity contribution in [2.45, 2.75) is 38.3 Å². The molecule has 1 fully saturated rings. The van der Waals surface area contributed by atoms with E-state index in [0.29, 0.717) is 18.7 Å². The minimum absolute atomic E-state index is 0. The summed E-state index contributed by atoms with van der Waals surface area (Å²) in [4.78, 5) is 12.8. The van der Waals surface area contributed by atoms with Crippen LogP contribution in [0.1, 0.15) is 37.8 Å². The first kappa shape index (κ1) is 23.7. The normalized spacial score (nSPS) is 17.1. The average molecular weight is 409 g/mol. The average Bonchev–Trinajstić information content (AvgIpc) is 2.60. The molecule has 0 saturated carbocycles. The maximum Gasteiger partial charge on any atom is 0.416 e. The van der Waals surface area contributed by atoms with Crippen molar-refractivity contribution in [1.29, 1.82) is 0 Å². The van der Waals surface area contributed by atoms with Crippen LogP contribution < -0.4 is 10.6 Å². The van der Waals surface area contributed by atoms with Crippen molar-refractivity contribution in [3.05, 3.63) is 35.4 Å². The van der Waals surface area contributed by atoms with Crippen molar-refractivity contribution in [3.8, 4) is 0 Å². The first-order chi connectivity index (χ1) is 12.1. The minimum Gasteiger partial charge on any atom is -0.384 e. The van der Waals surface area contributed by atoms with Gasteiger partial charge in [0.25, 0.3) is 0 Å². The van der Waals surface area contributed by atoms with Gasteiger partial charge in [-0.15, -0.1) is 12.4 Å². The Morgan fingerprint density at radius 3 is 2.37 bits per heavy atom. The number of halogens is 4. The van der Waals surface area contributed by atoms with Crippen LogP contribution in [0.3, 0.4) is 0 Å². The Kier molecular flexibility index (Phi) is 8.14. The molecule has 2 N–H and O–H groups in total. The summed E-state index contributed by atoms with van der Waals surface area (Å²) in [7, 11) is 1.64. The number of carbonyl (C=O) groups excluding carboxylic acids is 1. The molecule has 154 valence electrons. The summed E-state index contributed by atoms with van der Waals surface area (Å²) in [6.45, 7) is 5.99. The highest BCUT2D eigenvalue weighted by molar-refractivity contribution is 5.87. The van der Waals surface area contributed by atoms with Gasteiger partial charge >= 0.3 is 6.18 Å². The molecule has 0 aromatic heterocycles. The number of carbonyl (C=O) groups is 1. The van der Waals surface area contributed by atoms with Gasteiger partial charge < -0.3 is 15.4 Å². The molecular weight excluding hydrogens is 381 g/mol. The lowest BCUT2D eigenvalue weighted by atomic mass is 9.78. The second kappa shape index (κ2) is 9.26. The summed E-state index contributed by atoms with van der Waals surface area (Å²) in [5, 5.41) is 6.23. The molecule has 0 aliphatic carbocycles.